The van der Waals surface area contributed by atoms with E-state index in [9.17, 15) is 0 Å². The Morgan fingerprint density at radius 3 is 1.94 bits per heavy atom. The molecule has 0 aliphatic heterocycles. The lowest BCUT2D eigenvalue weighted by atomic mass is 9.97. The molecule has 8 aromatic carbocycles. The average molecular weight is 644 g/mol. The second kappa shape index (κ2) is 11.2. The van der Waals surface area contributed by atoms with Gasteiger partial charge in [0.2, 0.25) is 0 Å². The minimum atomic E-state index is 0.875. The van der Waals surface area contributed by atoms with Gasteiger partial charge in [0.1, 0.15) is 11.2 Å². The molecule has 49 heavy (non-hydrogen) atoms. The van der Waals surface area contributed by atoms with Crippen molar-refractivity contribution in [3.8, 4) is 22.3 Å². The summed E-state index contributed by atoms with van der Waals surface area (Å²) in [5, 5.41) is 7.30. The van der Waals surface area contributed by atoms with Crippen LogP contribution in [0.4, 0.5) is 17.1 Å². The minimum absolute atomic E-state index is 0.875. The predicted molar refractivity (Wildman–Crippen MR) is 210 cm³/mol. The van der Waals surface area contributed by atoms with E-state index in [0.717, 1.165) is 39.0 Å². The third-order valence-electron chi connectivity index (χ3n) is 9.64. The lowest BCUT2D eigenvalue weighted by Gasteiger charge is -2.27. The van der Waals surface area contributed by atoms with Gasteiger partial charge in [-0.05, 0) is 93.7 Å². The van der Waals surface area contributed by atoms with Crippen molar-refractivity contribution in [3.63, 3.8) is 0 Å². The number of hydrogen-bond donors (Lipinski definition) is 0. The van der Waals surface area contributed by atoms with E-state index in [0.29, 0.717) is 0 Å². The van der Waals surface area contributed by atoms with Crippen molar-refractivity contribution in [3.05, 3.63) is 176 Å². The van der Waals surface area contributed by atoms with E-state index in [2.05, 4.69) is 175 Å². The molecule has 0 spiro atoms. The molecule has 2 heterocycles. The van der Waals surface area contributed by atoms with E-state index >= 15 is 0 Å². The number of benzene rings is 8. The fourth-order valence-electron chi connectivity index (χ4n) is 7.39. The van der Waals surface area contributed by atoms with Gasteiger partial charge in [-0.2, -0.15) is 0 Å². The van der Waals surface area contributed by atoms with Crippen molar-refractivity contribution in [2.45, 2.75) is 0 Å². The summed E-state index contributed by atoms with van der Waals surface area (Å²) < 4.78 is 9.02. The predicted octanol–water partition coefficient (Wildman–Crippen LogP) is 13.9. The number of para-hydroxylation sites is 1. The molecule has 10 aromatic rings. The Bertz CT molecular complexity index is 2850. The molecule has 0 saturated heterocycles. The van der Waals surface area contributed by atoms with E-state index in [1.54, 1.807) is 0 Å². The molecule has 0 aliphatic carbocycles. The van der Waals surface area contributed by atoms with E-state index in [4.69, 9.17) is 4.42 Å². The van der Waals surface area contributed by atoms with Gasteiger partial charge in [-0.3, -0.25) is 0 Å². The Kier molecular flexibility index (Phi) is 6.39. The van der Waals surface area contributed by atoms with E-state index < -0.39 is 0 Å². The maximum atomic E-state index is 6.39. The normalized spacial score (nSPS) is 11.7. The number of furan rings is 1. The Morgan fingerprint density at radius 1 is 0.408 bits per heavy atom. The Balaban J connectivity index is 1.19. The van der Waals surface area contributed by atoms with Gasteiger partial charge >= 0.3 is 0 Å². The van der Waals surface area contributed by atoms with Crippen LogP contribution < -0.4 is 4.90 Å². The highest BCUT2D eigenvalue weighted by atomic mass is 32.1. The van der Waals surface area contributed by atoms with Gasteiger partial charge in [-0.1, -0.05) is 115 Å². The molecule has 0 N–H and O–H groups in total. The van der Waals surface area contributed by atoms with Crippen LogP contribution in [0.25, 0.3) is 75.1 Å². The molecule has 0 unspecified atom stereocenters. The van der Waals surface area contributed by atoms with Crippen molar-refractivity contribution in [1.29, 1.82) is 0 Å². The van der Waals surface area contributed by atoms with Crippen LogP contribution in [0.1, 0.15) is 0 Å². The first kappa shape index (κ1) is 27.9. The van der Waals surface area contributed by atoms with Crippen molar-refractivity contribution in [1.82, 2.24) is 0 Å². The summed E-state index contributed by atoms with van der Waals surface area (Å²) >= 11 is 1.85. The van der Waals surface area contributed by atoms with E-state index in [-0.39, 0.29) is 0 Å². The van der Waals surface area contributed by atoms with Gasteiger partial charge in [0.15, 0.2) is 0 Å². The second-order valence-electron chi connectivity index (χ2n) is 12.5. The highest BCUT2D eigenvalue weighted by molar-refractivity contribution is 7.25. The lowest BCUT2D eigenvalue weighted by Crippen LogP contribution is -2.10. The van der Waals surface area contributed by atoms with Gasteiger partial charge in [-0.15, -0.1) is 11.3 Å². The number of rotatable bonds is 5. The summed E-state index contributed by atoms with van der Waals surface area (Å²) in [6.45, 7) is 0. The monoisotopic (exact) mass is 643 g/mol. The smallest absolute Gasteiger partial charge is 0.137 e. The van der Waals surface area contributed by atoms with Gasteiger partial charge in [0, 0.05) is 36.9 Å². The van der Waals surface area contributed by atoms with Crippen LogP contribution in [-0.2, 0) is 0 Å². The number of fused-ring (bicyclic) bond motifs is 7. The number of thiophene rings is 1. The van der Waals surface area contributed by atoms with Crippen LogP contribution in [-0.4, -0.2) is 0 Å². The van der Waals surface area contributed by atoms with Gasteiger partial charge < -0.3 is 9.32 Å². The molecule has 0 radical (unpaired) electrons. The minimum Gasteiger partial charge on any atom is -0.456 e. The zero-order chi connectivity index (χ0) is 32.3. The van der Waals surface area contributed by atoms with Crippen molar-refractivity contribution in [2.75, 3.05) is 4.90 Å². The SMILES string of the molecule is c1cc(-c2ccc3sc4ccccc4c3c2)cc(N(c2cccc(-c3cccc4ccccc34)c2)c2cccc3oc4ccccc4c23)c1. The largest absolute Gasteiger partial charge is 0.456 e. The molecule has 230 valence electrons. The quantitative estimate of drug-likeness (QED) is 0.186. The van der Waals surface area contributed by atoms with Crippen LogP contribution in [0.3, 0.4) is 0 Å². The van der Waals surface area contributed by atoms with Crippen LogP contribution >= 0.6 is 11.3 Å². The molecule has 0 bridgehead atoms. The van der Waals surface area contributed by atoms with E-state index in [1.807, 2.05) is 17.4 Å². The van der Waals surface area contributed by atoms with Crippen molar-refractivity contribution in [2.24, 2.45) is 0 Å². The Morgan fingerprint density at radius 2 is 1.04 bits per heavy atom. The van der Waals surface area contributed by atoms with Crippen molar-refractivity contribution < 1.29 is 4.42 Å². The van der Waals surface area contributed by atoms with Crippen LogP contribution in [0, 0.1) is 0 Å². The van der Waals surface area contributed by atoms with Crippen LogP contribution in [0.15, 0.2) is 180 Å². The summed E-state index contributed by atoms with van der Waals surface area (Å²) in [5.74, 6) is 0. The van der Waals surface area contributed by atoms with Crippen LogP contribution in [0.5, 0.6) is 0 Å². The second-order valence-corrected chi connectivity index (χ2v) is 13.6. The molecule has 0 atom stereocenters. The first-order chi connectivity index (χ1) is 24.3. The number of hydrogen-bond acceptors (Lipinski definition) is 3. The molecule has 0 aliphatic rings. The molecule has 2 aromatic heterocycles. The number of nitrogens with zero attached hydrogens (tertiary/aromatic N) is 1. The molecule has 0 saturated carbocycles. The summed E-state index contributed by atoms with van der Waals surface area (Å²) in [7, 11) is 0. The first-order valence-electron chi connectivity index (χ1n) is 16.6. The fourth-order valence-corrected chi connectivity index (χ4v) is 8.48. The molecule has 3 heteroatoms. The third kappa shape index (κ3) is 4.62. The van der Waals surface area contributed by atoms with Crippen LogP contribution in [0.2, 0.25) is 0 Å². The molecule has 2 nitrogen and oxygen atoms in total. The molecular weight excluding hydrogens is 615 g/mol. The number of anilines is 3. The van der Waals surface area contributed by atoms with Gasteiger partial charge in [0.05, 0.1) is 11.1 Å². The third-order valence-corrected chi connectivity index (χ3v) is 10.8. The summed E-state index contributed by atoms with van der Waals surface area (Å²) in [6, 6.07) is 63.3. The highest BCUT2D eigenvalue weighted by Crippen LogP contribution is 2.45. The van der Waals surface area contributed by atoms with Crippen molar-refractivity contribution >= 4 is 81.3 Å². The zero-order valence-electron chi connectivity index (χ0n) is 26.5. The van der Waals surface area contributed by atoms with E-state index in [1.165, 1.54) is 53.2 Å². The summed E-state index contributed by atoms with van der Waals surface area (Å²) in [4.78, 5) is 2.39. The molecule has 0 fully saturated rings. The Hall–Kier alpha value is -6.16. The maximum absolute atomic E-state index is 6.39. The highest BCUT2D eigenvalue weighted by Gasteiger charge is 2.20. The Labute approximate surface area is 287 Å². The topological polar surface area (TPSA) is 16.4 Å². The van der Waals surface area contributed by atoms with Gasteiger partial charge in [-0.25, -0.2) is 0 Å². The summed E-state index contributed by atoms with van der Waals surface area (Å²) in [6.07, 6.45) is 0. The average Bonchev–Trinajstić information content (AvgIpc) is 3.73. The standard InChI is InChI=1S/C46H29NOS/c1-2-17-36-30(11-1)12-9-20-37(36)33-14-8-16-35(28-33)47(41-21-10-23-43-46(41)39-19-3-5-22-42(39)48-43)34-15-7-13-31(27-34)32-25-26-45-40(29-32)38-18-4-6-24-44(38)49-45/h1-29H. The molecule has 0 amide bonds. The molecular formula is C46H29NOS. The lowest BCUT2D eigenvalue weighted by molar-refractivity contribution is 0.669. The zero-order valence-corrected chi connectivity index (χ0v) is 27.3. The molecule has 10 rings (SSSR count). The maximum Gasteiger partial charge on any atom is 0.137 e. The first-order valence-corrected chi connectivity index (χ1v) is 17.4. The van der Waals surface area contributed by atoms with Gasteiger partial charge in [0.25, 0.3) is 0 Å². The summed E-state index contributed by atoms with van der Waals surface area (Å²) in [5.41, 5.74) is 9.78. The fraction of sp³-hybridized carbons (Fsp3) is 0.